The van der Waals surface area contributed by atoms with Gasteiger partial charge in [-0.05, 0) is 46.1 Å². The number of aromatic carboxylic acids is 1. The Hall–Kier alpha value is -1.95. The van der Waals surface area contributed by atoms with Gasteiger partial charge in [0, 0.05) is 19.3 Å². The number of pyridine rings is 1. The van der Waals surface area contributed by atoms with E-state index in [0.29, 0.717) is 18.7 Å². The van der Waals surface area contributed by atoms with Gasteiger partial charge in [0.2, 0.25) is 0 Å². The zero-order valence-electron chi connectivity index (χ0n) is 12.2. The number of aromatic nitrogens is 1. The molecular weight excluding hydrogens is 258 g/mol. The number of hydrogen-bond donors (Lipinski definition) is 1. The first kappa shape index (κ1) is 16.1. The van der Waals surface area contributed by atoms with E-state index < -0.39 is 5.97 Å². The molecule has 0 saturated heterocycles. The quantitative estimate of drug-likeness (QED) is 0.811. The molecule has 6 nitrogen and oxygen atoms in total. The van der Waals surface area contributed by atoms with E-state index >= 15 is 0 Å². The number of carboxylic acids is 1. The van der Waals surface area contributed by atoms with Gasteiger partial charge in [0.05, 0.1) is 5.56 Å². The van der Waals surface area contributed by atoms with Crippen LogP contribution in [0.1, 0.15) is 34.2 Å². The lowest BCUT2D eigenvalue weighted by atomic mass is 10.2. The summed E-state index contributed by atoms with van der Waals surface area (Å²) in [6, 6.07) is 2.86. The molecule has 0 aromatic carbocycles. The van der Waals surface area contributed by atoms with E-state index in [-0.39, 0.29) is 11.6 Å². The maximum Gasteiger partial charge on any atom is 0.354 e. The van der Waals surface area contributed by atoms with Crippen LogP contribution in [0.3, 0.4) is 0 Å². The summed E-state index contributed by atoms with van der Waals surface area (Å²) < 4.78 is 0. The Balaban J connectivity index is 2.67. The van der Waals surface area contributed by atoms with Crippen LogP contribution in [0.2, 0.25) is 0 Å². The van der Waals surface area contributed by atoms with E-state index in [2.05, 4.69) is 9.88 Å². The minimum atomic E-state index is -1.10. The van der Waals surface area contributed by atoms with E-state index in [0.717, 1.165) is 13.0 Å². The van der Waals surface area contributed by atoms with Crippen LogP contribution in [0.4, 0.5) is 0 Å². The fourth-order valence-corrected chi connectivity index (χ4v) is 1.81. The molecule has 1 amide bonds. The first-order valence-electron chi connectivity index (χ1n) is 6.59. The molecule has 0 unspecified atom stereocenters. The van der Waals surface area contributed by atoms with Crippen molar-refractivity contribution in [1.29, 1.82) is 0 Å². The molecule has 0 atom stereocenters. The molecule has 20 heavy (non-hydrogen) atoms. The van der Waals surface area contributed by atoms with Crippen LogP contribution in [-0.2, 0) is 0 Å². The third-order valence-electron chi connectivity index (χ3n) is 2.93. The average molecular weight is 279 g/mol. The third kappa shape index (κ3) is 4.62. The van der Waals surface area contributed by atoms with E-state index in [9.17, 15) is 9.59 Å². The zero-order valence-corrected chi connectivity index (χ0v) is 12.2. The van der Waals surface area contributed by atoms with Crippen molar-refractivity contribution in [1.82, 2.24) is 14.8 Å². The van der Waals surface area contributed by atoms with Gasteiger partial charge < -0.3 is 14.9 Å². The summed E-state index contributed by atoms with van der Waals surface area (Å²) >= 11 is 0. The second-order valence-corrected chi connectivity index (χ2v) is 4.78. The maximum atomic E-state index is 12.3. The van der Waals surface area contributed by atoms with Crippen molar-refractivity contribution < 1.29 is 14.7 Å². The highest BCUT2D eigenvalue weighted by molar-refractivity contribution is 5.94. The molecule has 1 aromatic rings. The third-order valence-corrected chi connectivity index (χ3v) is 2.93. The van der Waals surface area contributed by atoms with Gasteiger partial charge in [-0.1, -0.05) is 0 Å². The molecule has 0 radical (unpaired) electrons. The monoisotopic (exact) mass is 279 g/mol. The Morgan fingerprint density at radius 2 is 1.95 bits per heavy atom. The van der Waals surface area contributed by atoms with Gasteiger partial charge in [-0.3, -0.25) is 4.79 Å². The summed E-state index contributed by atoms with van der Waals surface area (Å²) in [4.78, 5) is 30.5. The summed E-state index contributed by atoms with van der Waals surface area (Å²) in [5, 5.41) is 8.78. The van der Waals surface area contributed by atoms with Crippen molar-refractivity contribution in [2.75, 3.05) is 33.7 Å². The Kier molecular flexibility index (Phi) is 6.11. The SMILES string of the molecule is CCN(CCCN(C)C)C(=O)c1ccc(C(=O)O)nc1. The van der Waals surface area contributed by atoms with Crippen LogP contribution in [0.25, 0.3) is 0 Å². The molecule has 110 valence electrons. The van der Waals surface area contributed by atoms with Crippen LogP contribution >= 0.6 is 0 Å². The Morgan fingerprint density at radius 1 is 1.25 bits per heavy atom. The van der Waals surface area contributed by atoms with Gasteiger partial charge in [-0.15, -0.1) is 0 Å². The molecule has 0 aliphatic rings. The normalized spacial score (nSPS) is 10.6. The van der Waals surface area contributed by atoms with Crippen molar-refractivity contribution in [3.05, 3.63) is 29.6 Å². The van der Waals surface area contributed by atoms with Gasteiger partial charge >= 0.3 is 5.97 Å². The second kappa shape index (κ2) is 7.59. The number of carbonyl (C=O) groups excluding carboxylic acids is 1. The molecule has 1 heterocycles. The Morgan fingerprint density at radius 3 is 2.40 bits per heavy atom. The molecule has 0 bridgehead atoms. The van der Waals surface area contributed by atoms with Crippen molar-refractivity contribution >= 4 is 11.9 Å². The van der Waals surface area contributed by atoms with Crippen LogP contribution in [0.15, 0.2) is 18.3 Å². The second-order valence-electron chi connectivity index (χ2n) is 4.78. The van der Waals surface area contributed by atoms with Crippen molar-refractivity contribution in [2.45, 2.75) is 13.3 Å². The summed E-state index contributed by atoms with van der Waals surface area (Å²) in [6.45, 7) is 4.13. The topological polar surface area (TPSA) is 73.7 Å². The smallest absolute Gasteiger partial charge is 0.354 e. The summed E-state index contributed by atoms with van der Waals surface area (Å²) in [7, 11) is 3.99. The number of carbonyl (C=O) groups is 2. The first-order chi connectivity index (χ1) is 9.45. The van der Waals surface area contributed by atoms with Gasteiger partial charge in [-0.2, -0.15) is 0 Å². The van der Waals surface area contributed by atoms with Crippen LogP contribution in [0.5, 0.6) is 0 Å². The largest absolute Gasteiger partial charge is 0.477 e. The highest BCUT2D eigenvalue weighted by Gasteiger charge is 2.15. The van der Waals surface area contributed by atoms with E-state index in [4.69, 9.17) is 5.11 Å². The molecule has 1 rings (SSSR count). The van der Waals surface area contributed by atoms with E-state index in [1.165, 1.54) is 18.3 Å². The molecule has 1 N–H and O–H groups in total. The molecule has 0 aliphatic carbocycles. The summed E-state index contributed by atoms with van der Waals surface area (Å²) in [5.74, 6) is -1.21. The van der Waals surface area contributed by atoms with E-state index in [1.54, 1.807) is 4.90 Å². The number of rotatable bonds is 7. The Labute approximate surface area is 119 Å². The number of carboxylic acid groups (broad SMARTS) is 1. The molecule has 0 fully saturated rings. The average Bonchev–Trinajstić information content (AvgIpc) is 2.42. The molecule has 0 spiro atoms. The lowest BCUT2D eigenvalue weighted by Crippen LogP contribution is -2.33. The first-order valence-corrected chi connectivity index (χ1v) is 6.59. The molecule has 6 heteroatoms. The van der Waals surface area contributed by atoms with Crippen molar-refractivity contribution in [3.8, 4) is 0 Å². The molecular formula is C14H21N3O3. The number of hydrogen-bond acceptors (Lipinski definition) is 4. The summed E-state index contributed by atoms with van der Waals surface area (Å²) in [5.41, 5.74) is 0.360. The zero-order chi connectivity index (χ0) is 15.1. The fraction of sp³-hybridized carbons (Fsp3) is 0.500. The maximum absolute atomic E-state index is 12.3. The summed E-state index contributed by atoms with van der Waals surface area (Å²) in [6.07, 6.45) is 2.22. The standard InChI is InChI=1S/C14H21N3O3/c1-4-17(9-5-8-16(2)3)13(18)11-6-7-12(14(19)20)15-10-11/h6-7,10H,4-5,8-9H2,1-3H3,(H,19,20). The van der Waals surface area contributed by atoms with Gasteiger partial charge in [0.15, 0.2) is 0 Å². The van der Waals surface area contributed by atoms with Crippen LogP contribution in [-0.4, -0.2) is 65.5 Å². The Bertz CT molecular complexity index is 457. The molecule has 0 saturated carbocycles. The minimum absolute atomic E-state index is 0.0581. The van der Waals surface area contributed by atoms with Crippen LogP contribution in [0, 0.1) is 0 Å². The van der Waals surface area contributed by atoms with Crippen LogP contribution < -0.4 is 0 Å². The predicted octanol–water partition coefficient (Wildman–Crippen LogP) is 1.19. The van der Waals surface area contributed by atoms with E-state index in [1.807, 2.05) is 21.0 Å². The van der Waals surface area contributed by atoms with Gasteiger partial charge in [0.1, 0.15) is 5.69 Å². The van der Waals surface area contributed by atoms with Gasteiger partial charge in [0.25, 0.3) is 5.91 Å². The lowest BCUT2D eigenvalue weighted by molar-refractivity contribution is 0.0687. The minimum Gasteiger partial charge on any atom is -0.477 e. The lowest BCUT2D eigenvalue weighted by Gasteiger charge is -2.21. The molecule has 1 aromatic heterocycles. The highest BCUT2D eigenvalue weighted by Crippen LogP contribution is 2.06. The predicted molar refractivity (Wildman–Crippen MR) is 75.9 cm³/mol. The number of nitrogens with zero attached hydrogens (tertiary/aromatic N) is 3. The fourth-order valence-electron chi connectivity index (χ4n) is 1.81. The highest BCUT2D eigenvalue weighted by atomic mass is 16.4. The van der Waals surface area contributed by atoms with Crippen molar-refractivity contribution in [3.63, 3.8) is 0 Å². The van der Waals surface area contributed by atoms with Crippen molar-refractivity contribution in [2.24, 2.45) is 0 Å². The molecule has 0 aliphatic heterocycles. The van der Waals surface area contributed by atoms with Gasteiger partial charge in [-0.25, -0.2) is 9.78 Å². The number of amides is 1.